The number of carbonyl (C=O) groups is 1. The second-order valence-corrected chi connectivity index (χ2v) is 9.59. The minimum Gasteiger partial charge on any atom is -0.345 e. The number of aromatic nitrogens is 3. The summed E-state index contributed by atoms with van der Waals surface area (Å²) in [5, 5.41) is 7.30. The van der Waals surface area contributed by atoms with Gasteiger partial charge in [-0.1, -0.05) is 6.42 Å². The summed E-state index contributed by atoms with van der Waals surface area (Å²) < 4.78 is 40.7. The number of hydrogen-bond acceptors (Lipinski definition) is 4. The van der Waals surface area contributed by atoms with E-state index in [1.807, 2.05) is 6.07 Å². The molecule has 3 aromatic rings. The Morgan fingerprint density at radius 1 is 1.19 bits per heavy atom. The van der Waals surface area contributed by atoms with Crippen molar-refractivity contribution in [2.24, 2.45) is 7.05 Å². The lowest BCUT2D eigenvalue weighted by molar-refractivity contribution is 0.0783. The maximum atomic E-state index is 13.1. The first-order valence-corrected chi connectivity index (χ1v) is 11.8. The zero-order valence-electron chi connectivity index (χ0n) is 18.4. The minimum atomic E-state index is -3.59. The normalized spacial score (nSPS) is 11.6. The van der Waals surface area contributed by atoms with Gasteiger partial charge in [0, 0.05) is 38.1 Å². The second kappa shape index (κ2) is 10.1. The molecule has 0 radical (unpaired) electrons. The Morgan fingerprint density at radius 3 is 2.59 bits per heavy atom. The van der Waals surface area contributed by atoms with Crippen LogP contribution in [-0.4, -0.2) is 54.6 Å². The fourth-order valence-corrected chi connectivity index (χ4v) is 4.21. The van der Waals surface area contributed by atoms with Crippen LogP contribution in [-0.2, 0) is 23.5 Å². The molecule has 8 nitrogen and oxygen atoms in total. The molecule has 0 aliphatic rings. The summed E-state index contributed by atoms with van der Waals surface area (Å²) >= 11 is 0. The average Bonchev–Trinajstić information content (AvgIpc) is 3.40. The highest BCUT2D eigenvalue weighted by Gasteiger charge is 2.21. The van der Waals surface area contributed by atoms with Crippen LogP contribution in [0.5, 0.6) is 0 Å². The number of unbranched alkanes of at least 4 members (excludes halogenated alkanes) is 2. The smallest absolute Gasteiger partial charge is 0.270 e. The quantitative estimate of drug-likeness (QED) is 0.454. The van der Waals surface area contributed by atoms with Crippen molar-refractivity contribution in [3.8, 4) is 11.3 Å². The average molecular weight is 462 g/mol. The first-order valence-electron chi connectivity index (χ1n) is 10.4. The summed E-state index contributed by atoms with van der Waals surface area (Å²) in [5.41, 5.74) is 2.98. The van der Waals surface area contributed by atoms with Crippen LogP contribution in [0, 0.1) is 5.82 Å². The fraction of sp³-hybridized carbons (Fsp3) is 0.364. The zero-order chi connectivity index (χ0) is 23.3. The van der Waals surface area contributed by atoms with Gasteiger partial charge >= 0.3 is 0 Å². The molecule has 0 aliphatic heterocycles. The lowest BCUT2D eigenvalue weighted by Gasteiger charge is -2.17. The van der Waals surface area contributed by atoms with E-state index in [-0.39, 0.29) is 16.6 Å². The molecule has 172 valence electrons. The van der Waals surface area contributed by atoms with Crippen LogP contribution in [0.1, 0.15) is 35.4 Å². The molecule has 0 fully saturated rings. The summed E-state index contributed by atoms with van der Waals surface area (Å²) in [4.78, 5) is 14.4. The van der Waals surface area contributed by atoms with Gasteiger partial charge in [0.25, 0.3) is 5.91 Å². The number of halogens is 1. The summed E-state index contributed by atoms with van der Waals surface area (Å²) in [6.07, 6.45) is 4.94. The third kappa shape index (κ3) is 5.63. The van der Waals surface area contributed by atoms with Gasteiger partial charge in [-0.3, -0.25) is 9.89 Å². The Labute approximate surface area is 187 Å². The van der Waals surface area contributed by atoms with Gasteiger partial charge in [0.2, 0.25) is 10.0 Å². The van der Waals surface area contributed by atoms with E-state index in [1.165, 1.54) is 36.0 Å². The zero-order valence-corrected chi connectivity index (χ0v) is 19.2. The van der Waals surface area contributed by atoms with Crippen LogP contribution in [0.4, 0.5) is 4.39 Å². The number of nitrogens with one attached hydrogen (secondary N) is 2. The van der Waals surface area contributed by atoms with E-state index in [0.29, 0.717) is 12.2 Å². The Balaban J connectivity index is 1.45. The number of aromatic amines is 1. The molecule has 32 heavy (non-hydrogen) atoms. The Kier molecular flexibility index (Phi) is 7.47. The van der Waals surface area contributed by atoms with E-state index in [4.69, 9.17) is 0 Å². The highest BCUT2D eigenvalue weighted by atomic mass is 32.2. The van der Waals surface area contributed by atoms with E-state index in [9.17, 15) is 17.6 Å². The van der Waals surface area contributed by atoms with Crippen molar-refractivity contribution in [1.29, 1.82) is 0 Å². The number of rotatable bonds is 10. The van der Waals surface area contributed by atoms with Crippen LogP contribution in [0.15, 0.2) is 47.5 Å². The van der Waals surface area contributed by atoms with Crippen molar-refractivity contribution in [1.82, 2.24) is 24.4 Å². The number of nitrogens with zero attached hydrogens (tertiary/aromatic N) is 3. The molecule has 2 aromatic heterocycles. The first kappa shape index (κ1) is 23.7. The van der Waals surface area contributed by atoms with Gasteiger partial charge in [0.1, 0.15) is 16.4 Å². The van der Waals surface area contributed by atoms with E-state index in [0.717, 1.165) is 42.6 Å². The molecule has 0 bridgehead atoms. The number of hydrogen-bond donors (Lipinski definition) is 2. The number of benzene rings is 1. The topological polar surface area (TPSA) is 100 Å². The number of aryl methyl sites for hydroxylation is 2. The van der Waals surface area contributed by atoms with Gasteiger partial charge < -0.3 is 9.47 Å². The molecule has 0 unspecified atom stereocenters. The van der Waals surface area contributed by atoms with E-state index in [1.54, 1.807) is 31.1 Å². The van der Waals surface area contributed by atoms with Crippen molar-refractivity contribution < 1.29 is 17.6 Å². The van der Waals surface area contributed by atoms with Crippen LogP contribution >= 0.6 is 0 Å². The molecule has 1 aromatic carbocycles. The number of carbonyl (C=O) groups excluding carboxylic acids is 1. The lowest BCUT2D eigenvalue weighted by atomic mass is 10.1. The molecule has 2 heterocycles. The van der Waals surface area contributed by atoms with Gasteiger partial charge in [-0.2, -0.15) is 5.10 Å². The summed E-state index contributed by atoms with van der Waals surface area (Å²) in [6.45, 7) is 0.571. The summed E-state index contributed by atoms with van der Waals surface area (Å²) in [7, 11) is 1.11. The number of amides is 1. The van der Waals surface area contributed by atoms with Gasteiger partial charge in [0.15, 0.2) is 0 Å². The van der Waals surface area contributed by atoms with Crippen LogP contribution in [0.2, 0.25) is 0 Å². The van der Waals surface area contributed by atoms with Crippen molar-refractivity contribution >= 4 is 15.9 Å². The lowest BCUT2D eigenvalue weighted by Crippen LogP contribution is -2.29. The van der Waals surface area contributed by atoms with Crippen LogP contribution in [0.25, 0.3) is 11.3 Å². The fourth-order valence-electron chi connectivity index (χ4n) is 3.41. The molecule has 2 N–H and O–H groups in total. The van der Waals surface area contributed by atoms with Gasteiger partial charge in [-0.25, -0.2) is 17.5 Å². The molecule has 0 aliphatic carbocycles. The second-order valence-electron chi connectivity index (χ2n) is 7.70. The van der Waals surface area contributed by atoms with Crippen LogP contribution in [0.3, 0.4) is 0 Å². The maximum Gasteiger partial charge on any atom is 0.270 e. The largest absolute Gasteiger partial charge is 0.345 e. The van der Waals surface area contributed by atoms with E-state index in [2.05, 4.69) is 14.9 Å². The molecule has 0 atom stereocenters. The molecular formula is C22H28FN5O3S. The van der Waals surface area contributed by atoms with Crippen molar-refractivity contribution in [3.63, 3.8) is 0 Å². The Hall–Kier alpha value is -2.98. The Morgan fingerprint density at radius 2 is 1.91 bits per heavy atom. The first-order chi connectivity index (χ1) is 15.2. The molecule has 3 rings (SSSR count). The molecular weight excluding hydrogens is 433 g/mol. The van der Waals surface area contributed by atoms with Gasteiger partial charge in [-0.15, -0.1) is 0 Å². The third-order valence-electron chi connectivity index (χ3n) is 5.34. The summed E-state index contributed by atoms with van der Waals surface area (Å²) in [5.74, 6) is -0.494. The number of sulfonamides is 1. The van der Waals surface area contributed by atoms with Crippen molar-refractivity contribution in [2.45, 2.75) is 30.6 Å². The minimum absolute atomic E-state index is 0.0683. The van der Waals surface area contributed by atoms with Crippen molar-refractivity contribution in [2.75, 3.05) is 20.6 Å². The highest BCUT2D eigenvalue weighted by Crippen LogP contribution is 2.19. The van der Waals surface area contributed by atoms with E-state index >= 15 is 0 Å². The van der Waals surface area contributed by atoms with Crippen molar-refractivity contribution in [3.05, 3.63) is 59.8 Å². The third-order valence-corrected chi connectivity index (χ3v) is 6.72. The maximum absolute atomic E-state index is 13.1. The monoisotopic (exact) mass is 461 g/mol. The van der Waals surface area contributed by atoms with Gasteiger partial charge in [0.05, 0.1) is 5.69 Å². The predicted molar refractivity (Wildman–Crippen MR) is 120 cm³/mol. The van der Waals surface area contributed by atoms with Crippen LogP contribution < -0.4 is 4.72 Å². The number of H-pyrrole nitrogens is 1. The Bertz CT molecular complexity index is 1170. The molecule has 10 heteroatoms. The standard InChI is InChI=1S/C22H28FN5O3S/c1-24-32(30,31)19-14-21(28(3)15-19)22(29)27(2)12-6-4-5-7-18-13-20(26-25-18)16-8-10-17(23)11-9-16/h8-11,13-15,24H,4-7,12H2,1-3H3,(H,25,26). The summed E-state index contributed by atoms with van der Waals surface area (Å²) in [6, 6.07) is 9.59. The predicted octanol–water partition coefficient (Wildman–Crippen LogP) is 2.95. The molecule has 0 saturated heterocycles. The van der Waals surface area contributed by atoms with Gasteiger partial charge in [-0.05, 0) is 62.7 Å². The molecule has 0 spiro atoms. The van der Waals surface area contributed by atoms with E-state index < -0.39 is 10.0 Å². The SMILES string of the molecule is CNS(=O)(=O)c1cc(C(=O)N(C)CCCCCc2cc(-c3ccc(F)cc3)n[nH]2)n(C)c1. The molecule has 1 amide bonds. The highest BCUT2D eigenvalue weighted by molar-refractivity contribution is 7.89. The molecule has 0 saturated carbocycles.